The highest BCUT2D eigenvalue weighted by molar-refractivity contribution is 6.35. The third-order valence-electron chi connectivity index (χ3n) is 2.40. The van der Waals surface area contributed by atoms with Crippen LogP contribution in [0.4, 0.5) is 0 Å². The van der Waals surface area contributed by atoms with E-state index in [0.717, 1.165) is 6.42 Å². The molecule has 0 saturated carbocycles. The van der Waals surface area contributed by atoms with Crippen molar-refractivity contribution in [3.63, 3.8) is 0 Å². The Bertz CT molecular complexity index is 322. The molecular weight excluding hydrogens is 260 g/mol. The van der Waals surface area contributed by atoms with Crippen molar-refractivity contribution in [1.29, 1.82) is 0 Å². The largest absolute Gasteiger partial charge is 0.394 e. The second kappa shape index (κ2) is 8.21. The van der Waals surface area contributed by atoms with Crippen LogP contribution in [0.1, 0.15) is 41.0 Å². The zero-order valence-electron chi connectivity index (χ0n) is 13.2. The molecule has 0 fully saturated rings. The van der Waals surface area contributed by atoms with Gasteiger partial charge >= 0.3 is 11.8 Å². The van der Waals surface area contributed by atoms with Gasteiger partial charge in [-0.3, -0.25) is 9.59 Å². The van der Waals surface area contributed by atoms with E-state index in [-0.39, 0.29) is 31.8 Å². The van der Waals surface area contributed by atoms with Crippen molar-refractivity contribution in [2.45, 2.75) is 46.6 Å². The number of hydrogen-bond donors (Lipinski definition) is 3. The van der Waals surface area contributed by atoms with Crippen LogP contribution in [-0.2, 0) is 14.3 Å². The Labute approximate surface area is 121 Å². The molecule has 118 valence electrons. The first-order valence-electron chi connectivity index (χ1n) is 6.86. The molecule has 0 aliphatic carbocycles. The van der Waals surface area contributed by atoms with Crippen LogP contribution in [0.25, 0.3) is 0 Å². The molecule has 0 saturated heterocycles. The number of amides is 2. The normalized spacial score (nSPS) is 12.1. The van der Waals surface area contributed by atoms with Crippen molar-refractivity contribution in [1.82, 2.24) is 10.6 Å². The highest BCUT2D eigenvalue weighted by atomic mass is 16.5. The summed E-state index contributed by atoms with van der Waals surface area (Å²) in [4.78, 5) is 23.4. The minimum atomic E-state index is -0.667. The minimum Gasteiger partial charge on any atom is -0.394 e. The molecule has 0 rings (SSSR count). The van der Waals surface area contributed by atoms with Gasteiger partial charge in [0.05, 0.1) is 19.8 Å². The summed E-state index contributed by atoms with van der Waals surface area (Å²) in [6, 6.07) is 0. The molecule has 2 amide bonds. The standard InChI is InChI=1S/C14H28N2O4/c1-13(2,3)10-14(4,5)16-12(19)11(18)15-6-8-20-9-7-17/h17H,6-10H2,1-5H3,(H,15,18)(H,16,19). The lowest BCUT2D eigenvalue weighted by Crippen LogP contribution is -2.51. The number of nitrogens with one attached hydrogen (secondary N) is 2. The number of ether oxygens (including phenoxy) is 1. The van der Waals surface area contributed by atoms with Gasteiger partial charge in [-0.2, -0.15) is 0 Å². The van der Waals surface area contributed by atoms with E-state index in [1.165, 1.54) is 0 Å². The lowest BCUT2D eigenvalue weighted by Gasteiger charge is -2.33. The van der Waals surface area contributed by atoms with Gasteiger partial charge in [-0.1, -0.05) is 20.8 Å². The maximum Gasteiger partial charge on any atom is 0.309 e. The van der Waals surface area contributed by atoms with Gasteiger partial charge in [0.2, 0.25) is 0 Å². The summed E-state index contributed by atoms with van der Waals surface area (Å²) < 4.78 is 4.98. The van der Waals surface area contributed by atoms with Gasteiger partial charge in [-0.25, -0.2) is 0 Å². The van der Waals surface area contributed by atoms with Crippen molar-refractivity contribution in [3.8, 4) is 0 Å². The molecule has 0 unspecified atom stereocenters. The van der Waals surface area contributed by atoms with E-state index in [0.29, 0.717) is 0 Å². The molecule has 0 atom stereocenters. The third kappa shape index (κ3) is 9.75. The van der Waals surface area contributed by atoms with Gasteiger partial charge in [-0.15, -0.1) is 0 Å². The van der Waals surface area contributed by atoms with Crippen LogP contribution in [0, 0.1) is 5.41 Å². The maximum absolute atomic E-state index is 11.8. The van der Waals surface area contributed by atoms with Crippen LogP contribution >= 0.6 is 0 Å². The number of aliphatic hydroxyl groups is 1. The lowest BCUT2D eigenvalue weighted by atomic mass is 9.82. The van der Waals surface area contributed by atoms with Crippen LogP contribution in [0.2, 0.25) is 0 Å². The monoisotopic (exact) mass is 288 g/mol. The Morgan fingerprint density at radius 3 is 2.15 bits per heavy atom. The Balaban J connectivity index is 4.09. The van der Waals surface area contributed by atoms with Gasteiger partial charge in [-0.05, 0) is 25.7 Å². The second-order valence-corrected chi connectivity index (χ2v) is 6.67. The molecule has 0 aliphatic heterocycles. The van der Waals surface area contributed by atoms with Crippen LogP contribution in [0.15, 0.2) is 0 Å². The van der Waals surface area contributed by atoms with Gasteiger partial charge in [0, 0.05) is 12.1 Å². The van der Waals surface area contributed by atoms with Crippen molar-refractivity contribution < 1.29 is 19.4 Å². The van der Waals surface area contributed by atoms with E-state index in [1.54, 1.807) is 0 Å². The van der Waals surface area contributed by atoms with Crippen LogP contribution in [0.5, 0.6) is 0 Å². The average molecular weight is 288 g/mol. The molecule has 0 aromatic carbocycles. The number of carbonyl (C=O) groups excluding carboxylic acids is 2. The number of rotatable bonds is 7. The van der Waals surface area contributed by atoms with E-state index in [2.05, 4.69) is 31.4 Å². The molecule has 0 aromatic heterocycles. The SMILES string of the molecule is CC(C)(C)CC(C)(C)NC(=O)C(=O)NCCOCCO. The highest BCUT2D eigenvalue weighted by Gasteiger charge is 2.28. The molecule has 0 spiro atoms. The van der Waals surface area contributed by atoms with Crippen molar-refractivity contribution in [2.24, 2.45) is 5.41 Å². The Morgan fingerprint density at radius 2 is 1.65 bits per heavy atom. The van der Waals surface area contributed by atoms with Crippen molar-refractivity contribution >= 4 is 11.8 Å². The zero-order chi connectivity index (χ0) is 15.8. The second-order valence-electron chi connectivity index (χ2n) is 6.67. The molecule has 6 nitrogen and oxygen atoms in total. The van der Waals surface area contributed by atoms with Gasteiger partial charge in [0.25, 0.3) is 0 Å². The summed E-state index contributed by atoms with van der Waals surface area (Å²) in [7, 11) is 0. The van der Waals surface area contributed by atoms with E-state index in [1.807, 2.05) is 13.8 Å². The minimum absolute atomic E-state index is 0.0601. The van der Waals surface area contributed by atoms with E-state index >= 15 is 0 Å². The molecule has 0 aliphatic rings. The highest BCUT2D eigenvalue weighted by Crippen LogP contribution is 2.26. The number of aliphatic hydroxyl groups excluding tert-OH is 1. The van der Waals surface area contributed by atoms with E-state index in [4.69, 9.17) is 9.84 Å². The Hall–Kier alpha value is -1.14. The van der Waals surface area contributed by atoms with Crippen LogP contribution in [0.3, 0.4) is 0 Å². The molecule has 0 aromatic rings. The fourth-order valence-electron chi connectivity index (χ4n) is 2.22. The Kier molecular flexibility index (Phi) is 7.75. The first-order chi connectivity index (χ1) is 9.07. The van der Waals surface area contributed by atoms with Gasteiger partial charge in [0.1, 0.15) is 0 Å². The quantitative estimate of drug-likeness (QED) is 0.468. The zero-order valence-corrected chi connectivity index (χ0v) is 13.2. The summed E-state index contributed by atoms with van der Waals surface area (Å²) in [6.45, 7) is 10.7. The maximum atomic E-state index is 11.8. The van der Waals surface area contributed by atoms with E-state index < -0.39 is 17.4 Å². The van der Waals surface area contributed by atoms with Gasteiger partial charge in [0.15, 0.2) is 0 Å². The van der Waals surface area contributed by atoms with Crippen LogP contribution in [-0.4, -0.2) is 48.8 Å². The predicted molar refractivity (Wildman–Crippen MR) is 77.2 cm³/mol. The first-order valence-corrected chi connectivity index (χ1v) is 6.86. The summed E-state index contributed by atoms with van der Waals surface area (Å²) >= 11 is 0. The predicted octanol–water partition coefficient (Wildman–Crippen LogP) is 0.443. The van der Waals surface area contributed by atoms with Gasteiger partial charge < -0.3 is 20.5 Å². The van der Waals surface area contributed by atoms with Crippen molar-refractivity contribution in [3.05, 3.63) is 0 Å². The number of hydrogen-bond acceptors (Lipinski definition) is 4. The molecule has 20 heavy (non-hydrogen) atoms. The summed E-state index contributed by atoms with van der Waals surface area (Å²) in [5, 5.41) is 13.7. The lowest BCUT2D eigenvalue weighted by molar-refractivity contribution is -0.140. The molecule has 0 radical (unpaired) electrons. The molecular formula is C14H28N2O4. The topological polar surface area (TPSA) is 87.7 Å². The number of carbonyl (C=O) groups is 2. The first kappa shape index (κ1) is 18.9. The fraction of sp³-hybridized carbons (Fsp3) is 0.857. The summed E-state index contributed by atoms with van der Waals surface area (Å²) in [6.07, 6.45) is 0.763. The molecule has 0 heterocycles. The molecule has 0 bridgehead atoms. The summed E-state index contributed by atoms with van der Waals surface area (Å²) in [5.41, 5.74) is -0.383. The fourth-order valence-corrected chi connectivity index (χ4v) is 2.22. The van der Waals surface area contributed by atoms with Crippen LogP contribution < -0.4 is 10.6 Å². The smallest absolute Gasteiger partial charge is 0.309 e. The summed E-state index contributed by atoms with van der Waals surface area (Å²) in [5.74, 6) is -1.30. The van der Waals surface area contributed by atoms with Crippen molar-refractivity contribution in [2.75, 3.05) is 26.4 Å². The molecule has 6 heteroatoms. The van der Waals surface area contributed by atoms with E-state index in [9.17, 15) is 9.59 Å². The average Bonchev–Trinajstić information content (AvgIpc) is 2.24. The third-order valence-corrected chi connectivity index (χ3v) is 2.40. The molecule has 3 N–H and O–H groups in total. The Morgan fingerprint density at radius 1 is 1.05 bits per heavy atom.